The number of benzene rings is 1. The van der Waals surface area contributed by atoms with Crippen LogP contribution in [0, 0.1) is 0 Å². The third kappa shape index (κ3) is 3.51. The highest BCUT2D eigenvalue weighted by molar-refractivity contribution is 6.30. The number of nitrogens with zero attached hydrogens (tertiary/aromatic N) is 2. The first kappa shape index (κ1) is 12.0. The van der Waals surface area contributed by atoms with E-state index in [2.05, 4.69) is 22.2 Å². The van der Waals surface area contributed by atoms with Crippen LogP contribution in [0.4, 0.5) is 0 Å². The van der Waals surface area contributed by atoms with Crippen molar-refractivity contribution >= 4 is 11.6 Å². The zero-order valence-corrected chi connectivity index (χ0v) is 10.4. The summed E-state index contributed by atoms with van der Waals surface area (Å²) in [5.74, 6) is 0. The molecule has 0 bridgehead atoms. The molecule has 2 rings (SSSR count). The lowest BCUT2D eigenvalue weighted by Gasteiger charge is -2.13. The average molecular weight is 248 g/mol. The second-order valence-corrected chi connectivity index (χ2v) is 4.29. The monoisotopic (exact) mass is 247 g/mol. The summed E-state index contributed by atoms with van der Waals surface area (Å²) in [6.45, 7) is 2.82. The van der Waals surface area contributed by atoms with E-state index in [1.54, 1.807) is 18.6 Å². The van der Waals surface area contributed by atoms with E-state index < -0.39 is 0 Å². The highest BCUT2D eigenvalue weighted by atomic mass is 35.5. The Balaban J connectivity index is 1.93. The molecule has 0 radical (unpaired) electrons. The minimum absolute atomic E-state index is 0.259. The zero-order valence-electron chi connectivity index (χ0n) is 9.60. The molecule has 0 aliphatic carbocycles. The molecule has 0 fully saturated rings. The summed E-state index contributed by atoms with van der Waals surface area (Å²) in [5, 5.41) is 4.15. The molecule has 0 amide bonds. The molecule has 0 aliphatic heterocycles. The normalized spacial score (nSPS) is 12.4. The van der Waals surface area contributed by atoms with Crippen LogP contribution < -0.4 is 5.32 Å². The molecule has 1 aromatic heterocycles. The summed E-state index contributed by atoms with van der Waals surface area (Å²) in [5.41, 5.74) is 2.15. The van der Waals surface area contributed by atoms with Crippen molar-refractivity contribution in [3.63, 3.8) is 0 Å². The van der Waals surface area contributed by atoms with Gasteiger partial charge in [0.2, 0.25) is 0 Å². The van der Waals surface area contributed by atoms with Crippen molar-refractivity contribution in [2.24, 2.45) is 0 Å². The van der Waals surface area contributed by atoms with Crippen LogP contribution in [0.15, 0.2) is 42.9 Å². The fourth-order valence-electron chi connectivity index (χ4n) is 1.55. The van der Waals surface area contributed by atoms with Gasteiger partial charge in [-0.25, -0.2) is 0 Å². The number of hydrogen-bond donors (Lipinski definition) is 1. The standard InChI is InChI=1S/C13H14ClN3/c1-10(11-2-4-12(14)5-3-11)17-9-13-8-15-6-7-16-13/h2-8,10,17H,9H2,1H3/t10-/m0/s1. The van der Waals surface area contributed by atoms with Gasteiger partial charge in [-0.05, 0) is 24.6 Å². The number of nitrogens with one attached hydrogen (secondary N) is 1. The Kier molecular flexibility index (Phi) is 4.07. The molecule has 1 heterocycles. The first-order chi connectivity index (χ1) is 8.25. The van der Waals surface area contributed by atoms with Gasteiger partial charge in [0.05, 0.1) is 5.69 Å². The Hall–Kier alpha value is -1.45. The predicted molar refractivity (Wildman–Crippen MR) is 68.7 cm³/mol. The minimum Gasteiger partial charge on any atom is -0.305 e. The summed E-state index contributed by atoms with van der Waals surface area (Å²) in [6, 6.07) is 8.11. The third-order valence-electron chi connectivity index (χ3n) is 2.58. The van der Waals surface area contributed by atoms with Gasteiger partial charge in [-0.1, -0.05) is 23.7 Å². The van der Waals surface area contributed by atoms with E-state index in [4.69, 9.17) is 11.6 Å². The summed E-state index contributed by atoms with van der Waals surface area (Å²) in [7, 11) is 0. The first-order valence-electron chi connectivity index (χ1n) is 5.49. The fourth-order valence-corrected chi connectivity index (χ4v) is 1.67. The molecule has 2 aromatic rings. The highest BCUT2D eigenvalue weighted by Crippen LogP contribution is 2.16. The molecule has 1 atom stereocenters. The van der Waals surface area contributed by atoms with Crippen molar-refractivity contribution in [1.82, 2.24) is 15.3 Å². The third-order valence-corrected chi connectivity index (χ3v) is 2.83. The smallest absolute Gasteiger partial charge is 0.0724 e. The molecule has 0 saturated heterocycles. The van der Waals surface area contributed by atoms with E-state index in [1.165, 1.54) is 5.56 Å². The Morgan fingerprint density at radius 1 is 1.24 bits per heavy atom. The molecule has 3 nitrogen and oxygen atoms in total. The van der Waals surface area contributed by atoms with Crippen LogP contribution >= 0.6 is 11.6 Å². The predicted octanol–water partition coefficient (Wildman–Crippen LogP) is 2.98. The van der Waals surface area contributed by atoms with Gasteiger partial charge in [-0.2, -0.15) is 0 Å². The number of aromatic nitrogens is 2. The van der Waals surface area contributed by atoms with Gasteiger partial charge in [-0.3, -0.25) is 9.97 Å². The SMILES string of the molecule is C[C@H](NCc1cnccn1)c1ccc(Cl)cc1. The summed E-state index contributed by atoms with van der Waals surface area (Å²) >= 11 is 5.85. The van der Waals surface area contributed by atoms with Crippen molar-refractivity contribution in [3.05, 3.63) is 59.1 Å². The van der Waals surface area contributed by atoms with E-state index in [9.17, 15) is 0 Å². The van der Waals surface area contributed by atoms with Gasteiger partial charge in [0, 0.05) is 36.2 Å². The van der Waals surface area contributed by atoms with Crippen LogP contribution in [0.5, 0.6) is 0 Å². The van der Waals surface area contributed by atoms with Crippen LogP contribution in [-0.4, -0.2) is 9.97 Å². The van der Waals surface area contributed by atoms with Crippen molar-refractivity contribution in [2.75, 3.05) is 0 Å². The molecule has 4 heteroatoms. The van der Waals surface area contributed by atoms with Crippen molar-refractivity contribution < 1.29 is 0 Å². The van der Waals surface area contributed by atoms with Crippen LogP contribution in [0.1, 0.15) is 24.2 Å². The molecule has 1 aromatic carbocycles. The molecule has 0 spiro atoms. The maximum Gasteiger partial charge on any atom is 0.0724 e. The molecular formula is C13H14ClN3. The maximum atomic E-state index is 5.85. The lowest BCUT2D eigenvalue weighted by molar-refractivity contribution is 0.566. The maximum absolute atomic E-state index is 5.85. The summed E-state index contributed by atoms with van der Waals surface area (Å²) < 4.78 is 0. The Morgan fingerprint density at radius 2 is 2.00 bits per heavy atom. The lowest BCUT2D eigenvalue weighted by Crippen LogP contribution is -2.18. The van der Waals surface area contributed by atoms with Gasteiger partial charge in [-0.15, -0.1) is 0 Å². The summed E-state index contributed by atoms with van der Waals surface area (Å²) in [6.07, 6.45) is 5.14. The minimum atomic E-state index is 0.259. The molecule has 1 N–H and O–H groups in total. The number of hydrogen-bond acceptors (Lipinski definition) is 3. The number of rotatable bonds is 4. The van der Waals surface area contributed by atoms with Crippen LogP contribution in [-0.2, 0) is 6.54 Å². The van der Waals surface area contributed by atoms with Crippen LogP contribution in [0.2, 0.25) is 5.02 Å². The van der Waals surface area contributed by atoms with Gasteiger partial charge in [0.15, 0.2) is 0 Å². The largest absolute Gasteiger partial charge is 0.305 e. The molecule has 0 saturated carbocycles. The Labute approximate surface area is 106 Å². The van der Waals surface area contributed by atoms with Gasteiger partial charge in [0.25, 0.3) is 0 Å². The molecule has 0 unspecified atom stereocenters. The van der Waals surface area contributed by atoms with E-state index in [0.29, 0.717) is 6.54 Å². The fraction of sp³-hybridized carbons (Fsp3) is 0.231. The lowest BCUT2D eigenvalue weighted by atomic mass is 10.1. The topological polar surface area (TPSA) is 37.8 Å². The van der Waals surface area contributed by atoms with E-state index >= 15 is 0 Å². The van der Waals surface area contributed by atoms with Crippen molar-refractivity contribution in [2.45, 2.75) is 19.5 Å². The quantitative estimate of drug-likeness (QED) is 0.903. The molecule has 0 aliphatic rings. The molecule has 17 heavy (non-hydrogen) atoms. The second kappa shape index (κ2) is 5.75. The highest BCUT2D eigenvalue weighted by Gasteiger charge is 2.04. The number of halogens is 1. The molecular weight excluding hydrogens is 234 g/mol. The molecule has 88 valence electrons. The van der Waals surface area contributed by atoms with E-state index in [0.717, 1.165) is 10.7 Å². The Bertz CT molecular complexity index is 456. The van der Waals surface area contributed by atoms with Gasteiger partial charge < -0.3 is 5.32 Å². The second-order valence-electron chi connectivity index (χ2n) is 3.85. The van der Waals surface area contributed by atoms with E-state index in [-0.39, 0.29) is 6.04 Å². The Morgan fingerprint density at radius 3 is 2.65 bits per heavy atom. The van der Waals surface area contributed by atoms with Gasteiger partial charge in [0.1, 0.15) is 0 Å². The van der Waals surface area contributed by atoms with Gasteiger partial charge >= 0.3 is 0 Å². The first-order valence-corrected chi connectivity index (χ1v) is 5.87. The van der Waals surface area contributed by atoms with Crippen LogP contribution in [0.3, 0.4) is 0 Å². The van der Waals surface area contributed by atoms with Crippen molar-refractivity contribution in [3.8, 4) is 0 Å². The van der Waals surface area contributed by atoms with Crippen LogP contribution in [0.25, 0.3) is 0 Å². The van der Waals surface area contributed by atoms with E-state index in [1.807, 2.05) is 24.3 Å². The summed E-state index contributed by atoms with van der Waals surface area (Å²) in [4.78, 5) is 8.24. The zero-order chi connectivity index (χ0) is 12.1. The average Bonchev–Trinajstić information content (AvgIpc) is 2.38. The van der Waals surface area contributed by atoms with Crippen molar-refractivity contribution in [1.29, 1.82) is 0 Å².